The van der Waals surface area contributed by atoms with E-state index < -0.39 is 22.2 Å². The first-order valence-electron chi connectivity index (χ1n) is 4.88. The van der Waals surface area contributed by atoms with Crippen LogP contribution in [0.3, 0.4) is 0 Å². The van der Waals surface area contributed by atoms with Crippen molar-refractivity contribution in [2.24, 2.45) is 0 Å². The quantitative estimate of drug-likeness (QED) is 0.479. The average molecular weight is 258 g/mol. The second kappa shape index (κ2) is 5.70. The molecule has 0 radical (unpaired) electrons. The Morgan fingerprint density at radius 3 is 2.47 bits per heavy atom. The highest BCUT2D eigenvalue weighted by atomic mass is 32.2. The van der Waals surface area contributed by atoms with Gasteiger partial charge in [-0.3, -0.25) is 4.55 Å². The fourth-order valence-corrected chi connectivity index (χ4v) is 1.84. The van der Waals surface area contributed by atoms with Crippen LogP contribution in [0.25, 0.3) is 0 Å². The first-order valence-corrected chi connectivity index (χ1v) is 6.49. The van der Waals surface area contributed by atoms with Gasteiger partial charge in [0.1, 0.15) is 11.5 Å². The molecule has 0 heterocycles. The molecule has 1 unspecified atom stereocenters. The molecule has 94 valence electrons. The van der Waals surface area contributed by atoms with E-state index >= 15 is 0 Å². The molecule has 0 saturated carbocycles. The Bertz CT molecular complexity index is 463. The number of hydrogen-bond donors (Lipinski definition) is 1. The molecule has 0 aromatic heterocycles. The molecule has 17 heavy (non-hydrogen) atoms. The van der Waals surface area contributed by atoms with Gasteiger partial charge in [-0.2, -0.15) is 8.42 Å². The van der Waals surface area contributed by atoms with Gasteiger partial charge in [0.2, 0.25) is 6.29 Å². The SMILES string of the molecule is C=COC(C)Oc1ccc(CS(=O)(=O)O)cc1. The lowest BCUT2D eigenvalue weighted by molar-refractivity contribution is -0.0131. The molecule has 1 N–H and O–H groups in total. The van der Waals surface area contributed by atoms with Gasteiger partial charge in [-0.25, -0.2) is 0 Å². The Kier molecular flexibility index (Phi) is 4.53. The van der Waals surface area contributed by atoms with E-state index in [-0.39, 0.29) is 0 Å². The molecule has 0 aliphatic heterocycles. The molecule has 0 aliphatic rings. The summed E-state index contributed by atoms with van der Waals surface area (Å²) in [7, 11) is -4.00. The van der Waals surface area contributed by atoms with Gasteiger partial charge in [0, 0.05) is 6.92 Å². The number of rotatable bonds is 6. The maximum absolute atomic E-state index is 10.6. The summed E-state index contributed by atoms with van der Waals surface area (Å²) in [5.74, 6) is 0.129. The minimum absolute atomic E-state index is 0.411. The van der Waals surface area contributed by atoms with E-state index in [1.807, 2.05) is 0 Å². The monoisotopic (exact) mass is 258 g/mol. The first kappa shape index (κ1) is 13.5. The van der Waals surface area contributed by atoms with Gasteiger partial charge in [0.25, 0.3) is 10.1 Å². The van der Waals surface area contributed by atoms with Gasteiger partial charge in [0.05, 0.1) is 6.26 Å². The van der Waals surface area contributed by atoms with Crippen LogP contribution in [0, 0.1) is 0 Å². The molecular formula is C11H14O5S. The molecule has 1 rings (SSSR count). The van der Waals surface area contributed by atoms with Gasteiger partial charge in [0.15, 0.2) is 0 Å². The second-order valence-corrected chi connectivity index (χ2v) is 4.81. The first-order chi connectivity index (χ1) is 7.90. The summed E-state index contributed by atoms with van der Waals surface area (Å²) in [5.41, 5.74) is 0.483. The van der Waals surface area contributed by atoms with Crippen molar-refractivity contribution in [2.45, 2.75) is 19.0 Å². The Morgan fingerprint density at radius 1 is 1.41 bits per heavy atom. The molecule has 5 nitrogen and oxygen atoms in total. The number of benzene rings is 1. The van der Waals surface area contributed by atoms with Gasteiger partial charge >= 0.3 is 0 Å². The highest BCUT2D eigenvalue weighted by Gasteiger charge is 2.07. The maximum Gasteiger partial charge on any atom is 0.269 e. The molecular weight excluding hydrogens is 244 g/mol. The Labute approximate surface area is 100 Å². The molecule has 0 bridgehead atoms. The van der Waals surface area contributed by atoms with Crippen LogP contribution in [0.5, 0.6) is 5.75 Å². The Balaban J connectivity index is 2.65. The lowest BCUT2D eigenvalue weighted by Crippen LogP contribution is -2.12. The van der Waals surface area contributed by atoms with Crippen LogP contribution in [0.2, 0.25) is 0 Å². The third kappa shape index (κ3) is 5.37. The van der Waals surface area contributed by atoms with E-state index in [9.17, 15) is 8.42 Å². The fraction of sp³-hybridized carbons (Fsp3) is 0.273. The molecule has 0 aliphatic carbocycles. The summed E-state index contributed by atoms with van der Waals surface area (Å²) in [6, 6.07) is 6.32. The van der Waals surface area contributed by atoms with Crippen molar-refractivity contribution in [3.05, 3.63) is 42.7 Å². The zero-order chi connectivity index (χ0) is 12.9. The van der Waals surface area contributed by atoms with Crippen LogP contribution in [-0.4, -0.2) is 19.3 Å². The van der Waals surface area contributed by atoms with Crippen molar-refractivity contribution in [3.63, 3.8) is 0 Å². The van der Waals surface area contributed by atoms with Crippen molar-refractivity contribution in [1.29, 1.82) is 0 Å². The van der Waals surface area contributed by atoms with Crippen molar-refractivity contribution in [1.82, 2.24) is 0 Å². The van der Waals surface area contributed by atoms with Crippen molar-refractivity contribution in [3.8, 4) is 5.75 Å². The van der Waals surface area contributed by atoms with Crippen LogP contribution >= 0.6 is 0 Å². The Hall–Kier alpha value is -1.53. The smallest absolute Gasteiger partial charge is 0.269 e. The third-order valence-corrected chi connectivity index (χ3v) is 2.56. The third-order valence-electron chi connectivity index (χ3n) is 1.86. The van der Waals surface area contributed by atoms with Crippen molar-refractivity contribution < 1.29 is 22.4 Å². The molecule has 0 spiro atoms. The minimum Gasteiger partial charge on any atom is -0.463 e. The number of hydrogen-bond acceptors (Lipinski definition) is 4. The zero-order valence-electron chi connectivity index (χ0n) is 9.37. The van der Waals surface area contributed by atoms with E-state index in [2.05, 4.69) is 6.58 Å². The van der Waals surface area contributed by atoms with Crippen LogP contribution in [0.4, 0.5) is 0 Å². The Morgan fingerprint density at radius 2 is 2.00 bits per heavy atom. The van der Waals surface area contributed by atoms with Crippen LogP contribution in [0.15, 0.2) is 37.1 Å². The minimum atomic E-state index is -4.00. The summed E-state index contributed by atoms with van der Waals surface area (Å²) in [4.78, 5) is 0. The second-order valence-electron chi connectivity index (χ2n) is 3.36. The van der Waals surface area contributed by atoms with Crippen LogP contribution in [-0.2, 0) is 20.6 Å². The van der Waals surface area contributed by atoms with E-state index in [0.29, 0.717) is 11.3 Å². The van der Waals surface area contributed by atoms with Crippen LogP contribution < -0.4 is 4.74 Å². The standard InChI is InChI=1S/C11H14O5S/c1-3-15-9(2)16-11-6-4-10(5-7-11)8-17(12,13)14/h3-7,9H,1,8H2,2H3,(H,12,13,14). The lowest BCUT2D eigenvalue weighted by atomic mass is 10.2. The van der Waals surface area contributed by atoms with Crippen molar-refractivity contribution in [2.75, 3.05) is 0 Å². The van der Waals surface area contributed by atoms with Gasteiger partial charge in [-0.1, -0.05) is 18.7 Å². The molecule has 0 saturated heterocycles. The van der Waals surface area contributed by atoms with Gasteiger partial charge < -0.3 is 9.47 Å². The van der Waals surface area contributed by atoms with E-state index in [1.54, 1.807) is 31.2 Å². The molecule has 1 atom stereocenters. The van der Waals surface area contributed by atoms with Gasteiger partial charge in [-0.15, -0.1) is 0 Å². The van der Waals surface area contributed by atoms with Crippen LogP contribution in [0.1, 0.15) is 12.5 Å². The predicted molar refractivity (Wildman–Crippen MR) is 63.1 cm³/mol. The molecule has 1 aromatic carbocycles. The maximum atomic E-state index is 10.6. The van der Waals surface area contributed by atoms with E-state index in [1.165, 1.54) is 6.26 Å². The zero-order valence-corrected chi connectivity index (χ0v) is 10.2. The molecule has 6 heteroatoms. The number of ether oxygens (including phenoxy) is 2. The summed E-state index contributed by atoms with van der Waals surface area (Å²) in [6.45, 7) is 5.10. The molecule has 1 aromatic rings. The summed E-state index contributed by atoms with van der Waals surface area (Å²) in [5, 5.41) is 0. The lowest BCUT2D eigenvalue weighted by Gasteiger charge is -2.13. The molecule has 0 amide bonds. The highest BCUT2D eigenvalue weighted by Crippen LogP contribution is 2.15. The van der Waals surface area contributed by atoms with Crippen molar-refractivity contribution >= 4 is 10.1 Å². The average Bonchev–Trinajstić information content (AvgIpc) is 2.19. The van der Waals surface area contributed by atoms with E-state index in [0.717, 1.165) is 0 Å². The topological polar surface area (TPSA) is 72.8 Å². The summed E-state index contributed by atoms with van der Waals surface area (Å²) < 4.78 is 40.2. The van der Waals surface area contributed by atoms with Gasteiger partial charge in [-0.05, 0) is 17.7 Å². The highest BCUT2D eigenvalue weighted by molar-refractivity contribution is 7.85. The summed E-state index contributed by atoms with van der Waals surface area (Å²) in [6.07, 6.45) is 0.803. The van der Waals surface area contributed by atoms with E-state index in [4.69, 9.17) is 14.0 Å². The molecule has 0 fully saturated rings. The fourth-order valence-electron chi connectivity index (χ4n) is 1.23. The predicted octanol–water partition coefficient (Wildman–Crippen LogP) is 1.96. The normalized spacial score (nSPS) is 12.8. The summed E-state index contributed by atoms with van der Waals surface area (Å²) >= 11 is 0. The largest absolute Gasteiger partial charge is 0.463 e.